The van der Waals surface area contributed by atoms with Gasteiger partial charge in [0.2, 0.25) is 0 Å². The van der Waals surface area contributed by atoms with Crippen molar-refractivity contribution in [2.75, 3.05) is 0 Å². The molecule has 2 atom stereocenters. The zero-order valence-electron chi connectivity index (χ0n) is 14.2. The van der Waals surface area contributed by atoms with Crippen LogP contribution in [0.15, 0.2) is 16.7 Å². The van der Waals surface area contributed by atoms with E-state index in [0.29, 0.717) is 53.3 Å². The number of carboxylic acids is 1. The molecule has 0 amide bonds. The summed E-state index contributed by atoms with van der Waals surface area (Å²) in [4.78, 5) is 26.8. The number of carboxylic acid groups (broad SMARTS) is 1. The summed E-state index contributed by atoms with van der Waals surface area (Å²) in [5.41, 5.74) is 2.07. The Balaban J connectivity index is 1.78. The first kappa shape index (κ1) is 17.1. The molecule has 1 aliphatic rings. The van der Waals surface area contributed by atoms with Crippen molar-refractivity contribution in [3.63, 3.8) is 0 Å². The van der Waals surface area contributed by atoms with Crippen molar-refractivity contribution in [2.45, 2.75) is 45.6 Å². The summed E-state index contributed by atoms with van der Waals surface area (Å²) in [7, 11) is 0. The Labute approximate surface area is 145 Å². The zero-order valence-corrected chi connectivity index (χ0v) is 14.2. The lowest BCUT2D eigenvalue weighted by atomic mass is 9.87. The Hall–Kier alpha value is -2.70. The van der Waals surface area contributed by atoms with Crippen molar-refractivity contribution < 1.29 is 24.0 Å². The van der Waals surface area contributed by atoms with Crippen LogP contribution in [-0.4, -0.2) is 33.6 Å². The normalized spacial score (nSPS) is 20.2. The van der Waals surface area contributed by atoms with E-state index in [1.165, 1.54) is 0 Å². The largest absolute Gasteiger partial charge is 0.489 e. The molecule has 2 aromatic heterocycles. The summed E-state index contributed by atoms with van der Waals surface area (Å²) < 4.78 is 11.2. The smallest absolute Gasteiger partial charge is 0.306 e. The molecule has 0 unspecified atom stereocenters. The monoisotopic (exact) mass is 344 g/mol. The van der Waals surface area contributed by atoms with E-state index in [0.717, 1.165) is 12.8 Å². The van der Waals surface area contributed by atoms with Gasteiger partial charge in [-0.25, -0.2) is 4.98 Å². The first-order chi connectivity index (χ1) is 12.0. The van der Waals surface area contributed by atoms with Gasteiger partial charge in [0.25, 0.3) is 0 Å². The molecule has 7 nitrogen and oxygen atoms in total. The van der Waals surface area contributed by atoms with Crippen molar-refractivity contribution >= 4 is 12.3 Å². The van der Waals surface area contributed by atoms with Crippen LogP contribution in [0, 0.1) is 19.8 Å². The van der Waals surface area contributed by atoms with Crippen LogP contribution in [0.4, 0.5) is 0 Å². The molecular formula is C18H20N2O5. The molecule has 3 rings (SSSR count). The highest BCUT2D eigenvalue weighted by Crippen LogP contribution is 2.31. The number of carbonyl (C=O) groups is 2. The fourth-order valence-electron chi connectivity index (χ4n) is 3.16. The third-order valence-electron chi connectivity index (χ3n) is 4.57. The Morgan fingerprint density at radius 3 is 2.80 bits per heavy atom. The predicted molar refractivity (Wildman–Crippen MR) is 88.6 cm³/mol. The number of hydrogen-bond acceptors (Lipinski definition) is 6. The lowest BCUT2D eigenvalue weighted by Crippen LogP contribution is -2.29. The van der Waals surface area contributed by atoms with Crippen LogP contribution in [0.25, 0.3) is 11.5 Å². The number of nitrogens with zero attached hydrogens (tertiary/aromatic N) is 2. The number of aldehydes is 1. The molecule has 1 fully saturated rings. The molecule has 1 N–H and O–H groups in total. The van der Waals surface area contributed by atoms with Gasteiger partial charge < -0.3 is 14.4 Å². The van der Waals surface area contributed by atoms with Crippen molar-refractivity contribution in [3.8, 4) is 17.2 Å². The van der Waals surface area contributed by atoms with Crippen molar-refractivity contribution in [2.24, 2.45) is 5.92 Å². The minimum atomic E-state index is -0.763. The quantitative estimate of drug-likeness (QED) is 0.831. The van der Waals surface area contributed by atoms with E-state index < -0.39 is 5.97 Å². The maximum absolute atomic E-state index is 11.2. The first-order valence-corrected chi connectivity index (χ1v) is 8.28. The van der Waals surface area contributed by atoms with E-state index >= 15 is 0 Å². The molecule has 0 bridgehead atoms. The van der Waals surface area contributed by atoms with Crippen LogP contribution in [0.1, 0.15) is 47.4 Å². The second kappa shape index (κ2) is 7.04. The summed E-state index contributed by atoms with van der Waals surface area (Å²) in [6.45, 7) is 3.50. The van der Waals surface area contributed by atoms with Crippen molar-refractivity contribution in [1.29, 1.82) is 0 Å². The molecule has 1 saturated carbocycles. The van der Waals surface area contributed by atoms with Gasteiger partial charge >= 0.3 is 5.97 Å². The second-order valence-electron chi connectivity index (χ2n) is 6.35. The summed E-state index contributed by atoms with van der Waals surface area (Å²) >= 11 is 0. The van der Waals surface area contributed by atoms with Crippen LogP contribution in [0.2, 0.25) is 0 Å². The molecule has 2 heterocycles. The van der Waals surface area contributed by atoms with Crippen LogP contribution < -0.4 is 4.74 Å². The minimum absolute atomic E-state index is 0.126. The number of pyridine rings is 1. The highest BCUT2D eigenvalue weighted by Gasteiger charge is 2.28. The molecule has 25 heavy (non-hydrogen) atoms. The van der Waals surface area contributed by atoms with Gasteiger partial charge in [-0.2, -0.15) is 0 Å². The van der Waals surface area contributed by atoms with Crippen LogP contribution in [0.5, 0.6) is 5.75 Å². The van der Waals surface area contributed by atoms with Crippen molar-refractivity contribution in [1.82, 2.24) is 10.1 Å². The zero-order chi connectivity index (χ0) is 18.0. The average Bonchev–Trinajstić information content (AvgIpc) is 2.97. The summed E-state index contributed by atoms with van der Waals surface area (Å²) in [6.07, 6.45) is 3.46. The summed E-state index contributed by atoms with van der Waals surface area (Å²) in [5.74, 6) is -0.159. The SMILES string of the molecule is Cc1nc(-c2onc(C)c2C=O)ccc1O[C@H]1CCC[C@H](C(=O)O)C1. The predicted octanol–water partition coefficient (Wildman–Crippen LogP) is 3.19. The number of hydrogen-bond donors (Lipinski definition) is 1. The van der Waals surface area contributed by atoms with Crippen molar-refractivity contribution in [3.05, 3.63) is 29.1 Å². The third kappa shape index (κ3) is 3.55. The van der Waals surface area contributed by atoms with E-state index in [2.05, 4.69) is 10.1 Å². The van der Waals surface area contributed by atoms with Crippen LogP contribution in [-0.2, 0) is 4.79 Å². The van der Waals surface area contributed by atoms with E-state index in [1.54, 1.807) is 26.0 Å². The average molecular weight is 344 g/mol. The van der Waals surface area contributed by atoms with E-state index in [-0.39, 0.29) is 12.0 Å². The molecule has 2 aromatic rings. The molecule has 1 aliphatic carbocycles. The van der Waals surface area contributed by atoms with E-state index in [1.807, 2.05) is 0 Å². The fourth-order valence-corrected chi connectivity index (χ4v) is 3.16. The second-order valence-corrected chi connectivity index (χ2v) is 6.35. The maximum atomic E-state index is 11.2. The lowest BCUT2D eigenvalue weighted by Gasteiger charge is -2.27. The highest BCUT2D eigenvalue weighted by atomic mass is 16.5. The van der Waals surface area contributed by atoms with Gasteiger partial charge in [-0.1, -0.05) is 5.16 Å². The third-order valence-corrected chi connectivity index (χ3v) is 4.57. The Morgan fingerprint density at radius 1 is 1.32 bits per heavy atom. The van der Waals surface area contributed by atoms with Gasteiger partial charge in [0.15, 0.2) is 12.0 Å². The van der Waals surface area contributed by atoms with E-state index in [9.17, 15) is 14.7 Å². The number of aliphatic carboxylic acids is 1. The van der Waals surface area contributed by atoms with Gasteiger partial charge in [0.05, 0.1) is 29.0 Å². The molecule has 0 radical (unpaired) electrons. The number of aromatic nitrogens is 2. The van der Waals surface area contributed by atoms with Crippen LogP contribution in [0.3, 0.4) is 0 Å². The fraction of sp³-hybridized carbons (Fsp3) is 0.444. The number of aryl methyl sites for hydroxylation is 2. The van der Waals surface area contributed by atoms with Gasteiger partial charge in [-0.05, 0) is 51.7 Å². The van der Waals surface area contributed by atoms with Gasteiger partial charge in [-0.15, -0.1) is 0 Å². The minimum Gasteiger partial charge on any atom is -0.489 e. The van der Waals surface area contributed by atoms with E-state index in [4.69, 9.17) is 9.26 Å². The lowest BCUT2D eigenvalue weighted by molar-refractivity contribution is -0.143. The first-order valence-electron chi connectivity index (χ1n) is 8.28. The Kier molecular flexibility index (Phi) is 4.83. The summed E-state index contributed by atoms with van der Waals surface area (Å²) in [5, 5.41) is 13.0. The summed E-state index contributed by atoms with van der Waals surface area (Å²) in [6, 6.07) is 3.49. The number of ether oxygens (including phenoxy) is 1. The molecule has 132 valence electrons. The standard InChI is InChI=1S/C18H20N2O5/c1-10-14(9-21)17(25-20-10)15-6-7-16(11(2)19-15)24-13-5-3-4-12(8-13)18(22)23/h6-7,9,12-13H,3-5,8H2,1-2H3,(H,22,23)/t12-,13-/m0/s1. The molecular weight excluding hydrogens is 324 g/mol. The van der Waals surface area contributed by atoms with Gasteiger partial charge in [0.1, 0.15) is 11.4 Å². The number of carbonyl (C=O) groups excluding carboxylic acids is 1. The molecule has 0 spiro atoms. The van der Waals surface area contributed by atoms with Gasteiger partial charge in [0, 0.05) is 0 Å². The Bertz CT molecular complexity index is 799. The molecule has 0 aliphatic heterocycles. The highest BCUT2D eigenvalue weighted by molar-refractivity contribution is 5.85. The maximum Gasteiger partial charge on any atom is 0.306 e. The van der Waals surface area contributed by atoms with Gasteiger partial charge in [-0.3, -0.25) is 9.59 Å². The topological polar surface area (TPSA) is 103 Å². The molecule has 7 heteroatoms. The number of rotatable bonds is 5. The molecule has 0 aromatic carbocycles. The molecule has 0 saturated heterocycles. The Morgan fingerprint density at radius 2 is 2.12 bits per heavy atom. The van der Waals surface area contributed by atoms with Crippen LogP contribution >= 0.6 is 0 Å².